The first-order chi connectivity index (χ1) is 24.1. The number of para-hydroxylation sites is 1. The summed E-state index contributed by atoms with van der Waals surface area (Å²) < 4.78 is 15.5. The number of methoxy groups -OCH3 is 1. The highest BCUT2D eigenvalue weighted by atomic mass is 35.5. The third-order valence-electron chi connectivity index (χ3n) is 8.01. The minimum Gasteiger partial charge on any atom is -0.486 e. The number of amides is 2. The van der Waals surface area contributed by atoms with E-state index >= 15 is 0 Å². The molecule has 0 atom stereocenters. The molecule has 0 unspecified atom stereocenters. The second-order valence-electron chi connectivity index (χ2n) is 11.5. The second kappa shape index (κ2) is 16.6. The van der Waals surface area contributed by atoms with Crippen molar-refractivity contribution in [3.05, 3.63) is 93.7 Å². The number of rotatable bonds is 16. The number of nitrogens with one attached hydrogen (secondary N) is 1. The highest BCUT2D eigenvalue weighted by molar-refractivity contribution is 6.38. The number of benzene rings is 2. The number of halogens is 2. The van der Waals surface area contributed by atoms with Crippen LogP contribution in [0.2, 0.25) is 10.0 Å². The van der Waals surface area contributed by atoms with E-state index in [0.29, 0.717) is 46.5 Å². The van der Waals surface area contributed by atoms with E-state index in [1.807, 2.05) is 34.5 Å². The van der Waals surface area contributed by atoms with Crippen LogP contribution in [0.3, 0.4) is 0 Å². The van der Waals surface area contributed by atoms with Crippen molar-refractivity contribution in [3.8, 4) is 11.8 Å². The number of aliphatic hydroxyl groups excluding tert-OH is 1. The smallest absolute Gasteiger partial charge is 0.297 e. The Morgan fingerprint density at radius 1 is 1.04 bits per heavy atom. The van der Waals surface area contributed by atoms with E-state index in [-0.39, 0.29) is 67.3 Å². The van der Waals surface area contributed by atoms with Crippen molar-refractivity contribution in [1.82, 2.24) is 29.4 Å². The average molecular weight is 723 g/mol. The lowest BCUT2D eigenvalue weighted by Gasteiger charge is -2.21. The Labute approximate surface area is 298 Å². The number of pyridine rings is 1. The molecule has 0 spiro atoms. The fourth-order valence-electron chi connectivity index (χ4n) is 5.29. The van der Waals surface area contributed by atoms with Gasteiger partial charge in [0.15, 0.2) is 0 Å². The van der Waals surface area contributed by atoms with Crippen molar-refractivity contribution >= 4 is 57.5 Å². The Balaban J connectivity index is 1.19. The summed E-state index contributed by atoms with van der Waals surface area (Å²) in [5.41, 5.74) is 4.17. The molecule has 0 aliphatic rings. The third kappa shape index (κ3) is 8.59. The molecule has 3 aromatic heterocycles. The SMILES string of the molecule is COc1nc2c(OCc3c(Cl)ccc(N(C)C(=O)CCC(=O)CCc4ccc(C(=O)NCCO)nc4)c3Cl)cccc2n1Cc1cn(C)cn1. The van der Waals surface area contributed by atoms with Gasteiger partial charge in [0, 0.05) is 62.9 Å². The number of ketones is 1. The zero-order valence-electron chi connectivity index (χ0n) is 27.9. The van der Waals surface area contributed by atoms with E-state index < -0.39 is 0 Å². The van der Waals surface area contributed by atoms with Gasteiger partial charge < -0.3 is 29.4 Å². The number of hydrogen-bond donors (Lipinski definition) is 2. The zero-order valence-corrected chi connectivity index (χ0v) is 29.4. The fraction of sp³-hybridized carbons (Fsp3) is 0.314. The predicted molar refractivity (Wildman–Crippen MR) is 189 cm³/mol. The quantitative estimate of drug-likeness (QED) is 0.147. The van der Waals surface area contributed by atoms with Gasteiger partial charge in [-0.25, -0.2) is 4.98 Å². The lowest BCUT2D eigenvalue weighted by atomic mass is 10.1. The maximum Gasteiger partial charge on any atom is 0.297 e. The van der Waals surface area contributed by atoms with Crippen molar-refractivity contribution in [2.24, 2.45) is 7.05 Å². The Morgan fingerprint density at radius 3 is 2.56 bits per heavy atom. The monoisotopic (exact) mass is 721 g/mol. The van der Waals surface area contributed by atoms with Gasteiger partial charge in [0.05, 0.1) is 48.5 Å². The van der Waals surface area contributed by atoms with Gasteiger partial charge >= 0.3 is 0 Å². The van der Waals surface area contributed by atoms with E-state index in [1.54, 1.807) is 50.8 Å². The summed E-state index contributed by atoms with van der Waals surface area (Å²) in [6.07, 6.45) is 5.89. The van der Waals surface area contributed by atoms with Gasteiger partial charge in [0.1, 0.15) is 29.4 Å². The normalized spacial score (nSPS) is 11.1. The molecule has 0 fully saturated rings. The number of aliphatic hydroxyl groups is 1. The van der Waals surface area contributed by atoms with Crippen LogP contribution in [0.15, 0.2) is 61.2 Å². The summed E-state index contributed by atoms with van der Waals surface area (Å²) in [5.74, 6) is -0.258. The van der Waals surface area contributed by atoms with Crippen LogP contribution in [0.5, 0.6) is 11.8 Å². The van der Waals surface area contributed by atoms with Crippen LogP contribution in [0.4, 0.5) is 5.69 Å². The molecule has 0 saturated heterocycles. The van der Waals surface area contributed by atoms with Gasteiger partial charge in [-0.3, -0.25) is 23.9 Å². The molecule has 5 rings (SSSR count). The molecule has 0 bridgehead atoms. The van der Waals surface area contributed by atoms with Crippen molar-refractivity contribution in [3.63, 3.8) is 0 Å². The number of hydrogen-bond acceptors (Lipinski definition) is 9. The fourth-order valence-corrected chi connectivity index (χ4v) is 5.89. The Morgan fingerprint density at radius 2 is 1.86 bits per heavy atom. The largest absolute Gasteiger partial charge is 0.486 e. The minimum atomic E-state index is -0.385. The number of Topliss-reactive ketones (excluding diaryl/α,β-unsaturated/α-hetero) is 1. The molecular formula is C35H37Cl2N7O6. The van der Waals surface area contributed by atoms with Gasteiger partial charge in [-0.05, 0) is 42.3 Å². The molecule has 2 amide bonds. The van der Waals surface area contributed by atoms with Crippen LogP contribution >= 0.6 is 23.2 Å². The highest BCUT2D eigenvalue weighted by Gasteiger charge is 2.21. The van der Waals surface area contributed by atoms with Crippen molar-refractivity contribution in [2.75, 3.05) is 32.2 Å². The molecule has 5 aromatic rings. The number of aromatic nitrogens is 5. The van der Waals surface area contributed by atoms with Crippen LogP contribution in [0.1, 0.15) is 46.6 Å². The lowest BCUT2D eigenvalue weighted by Crippen LogP contribution is -2.27. The van der Waals surface area contributed by atoms with Crippen molar-refractivity contribution in [2.45, 2.75) is 38.8 Å². The Hall–Kier alpha value is -4.98. The molecule has 0 saturated carbocycles. The minimum absolute atomic E-state index is 0.00369. The van der Waals surface area contributed by atoms with Gasteiger partial charge in [-0.15, -0.1) is 0 Å². The van der Waals surface area contributed by atoms with E-state index in [9.17, 15) is 14.4 Å². The molecule has 50 heavy (non-hydrogen) atoms. The maximum atomic E-state index is 13.1. The van der Waals surface area contributed by atoms with Gasteiger partial charge in [-0.1, -0.05) is 35.3 Å². The molecule has 3 heterocycles. The number of aryl methyl sites for hydroxylation is 2. The summed E-state index contributed by atoms with van der Waals surface area (Å²) in [6.45, 7) is 0.434. The maximum absolute atomic E-state index is 13.1. The first kappa shape index (κ1) is 36.3. The third-order valence-corrected chi connectivity index (χ3v) is 8.78. The van der Waals surface area contributed by atoms with E-state index in [2.05, 4.69) is 20.3 Å². The molecule has 0 aliphatic heterocycles. The first-order valence-corrected chi connectivity index (χ1v) is 16.6. The lowest BCUT2D eigenvalue weighted by molar-refractivity contribution is -0.123. The summed E-state index contributed by atoms with van der Waals surface area (Å²) in [5, 5.41) is 12.0. The molecule has 0 aliphatic carbocycles. The zero-order chi connectivity index (χ0) is 35.8. The molecule has 2 aromatic carbocycles. The number of anilines is 1. The number of ether oxygens (including phenoxy) is 2. The number of carbonyl (C=O) groups excluding carboxylic acids is 3. The van der Waals surface area contributed by atoms with Crippen molar-refractivity contribution in [1.29, 1.82) is 0 Å². The molecule has 2 N–H and O–H groups in total. The van der Waals surface area contributed by atoms with E-state index in [0.717, 1.165) is 16.8 Å². The topological polar surface area (TPSA) is 154 Å². The Bertz CT molecular complexity index is 1990. The molecule has 262 valence electrons. The van der Waals surface area contributed by atoms with Gasteiger partial charge in [-0.2, -0.15) is 4.98 Å². The summed E-state index contributed by atoms with van der Waals surface area (Å²) in [6, 6.07) is 12.6. The average Bonchev–Trinajstić information content (AvgIpc) is 3.71. The molecule has 15 heteroatoms. The molecule has 13 nitrogen and oxygen atoms in total. The van der Waals surface area contributed by atoms with Crippen LogP contribution < -0.4 is 19.7 Å². The van der Waals surface area contributed by atoms with Crippen LogP contribution in [-0.2, 0) is 36.2 Å². The van der Waals surface area contributed by atoms with Crippen LogP contribution in [0, 0.1) is 0 Å². The van der Waals surface area contributed by atoms with E-state index in [1.165, 1.54) is 11.1 Å². The van der Waals surface area contributed by atoms with Gasteiger partial charge in [0.2, 0.25) is 5.91 Å². The highest BCUT2D eigenvalue weighted by Crippen LogP contribution is 2.36. The number of fused-ring (bicyclic) bond motifs is 1. The number of nitrogens with zero attached hydrogens (tertiary/aromatic N) is 6. The molecule has 0 radical (unpaired) electrons. The van der Waals surface area contributed by atoms with Crippen molar-refractivity contribution < 1.29 is 29.0 Å². The predicted octanol–water partition coefficient (Wildman–Crippen LogP) is 4.77. The number of carbonyl (C=O) groups is 3. The van der Waals surface area contributed by atoms with Crippen LogP contribution in [0.25, 0.3) is 11.0 Å². The molecular weight excluding hydrogens is 685 g/mol. The van der Waals surface area contributed by atoms with Crippen LogP contribution in [-0.4, -0.2) is 74.1 Å². The summed E-state index contributed by atoms with van der Waals surface area (Å²) in [7, 11) is 5.06. The summed E-state index contributed by atoms with van der Waals surface area (Å²) >= 11 is 13.4. The van der Waals surface area contributed by atoms with Gasteiger partial charge in [0.25, 0.3) is 11.9 Å². The number of imidazole rings is 2. The standard InChI is InChI=1S/C35H37Cl2N7O6/c1-42-18-23(40-21-42)19-44-29-5-4-6-30(33(29)41-35(44)49-3)50-20-25-26(36)11-13-28(32(25)37)43(2)31(47)14-10-24(46)9-7-22-8-12-27(39-17-22)34(48)38-15-16-45/h4-6,8,11-13,17-18,21,45H,7,9-10,14-16,19-20H2,1-3H3,(H,38,48). The Kier molecular flexibility index (Phi) is 12.1. The van der Waals surface area contributed by atoms with E-state index in [4.69, 9.17) is 37.8 Å². The second-order valence-corrected chi connectivity index (χ2v) is 12.3. The first-order valence-electron chi connectivity index (χ1n) is 15.8. The summed E-state index contributed by atoms with van der Waals surface area (Å²) in [4.78, 5) is 52.3.